The Hall–Kier alpha value is -2.28. The number of likely N-dealkylation sites (tertiary alicyclic amines) is 1. The van der Waals surface area contributed by atoms with Gasteiger partial charge in [-0.15, -0.1) is 0 Å². The standard InChI is InChI=1S/C18H24ClN3O4/c19-15-6-3-13(4-7-15)10-20-18(26)21-11-16(23)22-9-1-2-14(12-22)5-8-17(24)25/h3-4,6-7,14H,1-2,5,8-12H2,(H,24,25)(H2,20,21,26). The van der Waals surface area contributed by atoms with Crippen LogP contribution in [-0.4, -0.2) is 47.5 Å². The third-order valence-corrected chi connectivity index (χ3v) is 4.66. The van der Waals surface area contributed by atoms with Crippen LogP contribution in [0.4, 0.5) is 4.79 Å². The fraction of sp³-hybridized carbons (Fsp3) is 0.500. The van der Waals surface area contributed by atoms with Crippen molar-refractivity contribution in [3.8, 4) is 0 Å². The number of halogens is 1. The molecule has 1 heterocycles. The maximum atomic E-state index is 12.3. The first-order chi connectivity index (χ1) is 12.4. The van der Waals surface area contributed by atoms with Crippen LogP contribution >= 0.6 is 11.6 Å². The number of urea groups is 1. The van der Waals surface area contributed by atoms with Crippen LogP contribution < -0.4 is 10.6 Å². The quantitative estimate of drug-likeness (QED) is 0.674. The minimum Gasteiger partial charge on any atom is -0.481 e. The second-order valence-corrected chi connectivity index (χ2v) is 6.88. The molecule has 0 aliphatic carbocycles. The number of benzene rings is 1. The molecule has 142 valence electrons. The van der Waals surface area contributed by atoms with Gasteiger partial charge in [-0.3, -0.25) is 9.59 Å². The summed E-state index contributed by atoms with van der Waals surface area (Å²) in [6.45, 7) is 1.48. The number of carboxylic acid groups (broad SMARTS) is 1. The summed E-state index contributed by atoms with van der Waals surface area (Å²) in [4.78, 5) is 36.5. The molecule has 0 aromatic heterocycles. The number of amides is 3. The number of carboxylic acids is 1. The van der Waals surface area contributed by atoms with Crippen molar-refractivity contribution in [1.82, 2.24) is 15.5 Å². The second kappa shape index (κ2) is 10.0. The van der Waals surface area contributed by atoms with Crippen LogP contribution in [0, 0.1) is 5.92 Å². The van der Waals surface area contributed by atoms with E-state index in [-0.39, 0.29) is 24.8 Å². The maximum absolute atomic E-state index is 12.3. The molecule has 0 radical (unpaired) electrons. The Labute approximate surface area is 157 Å². The van der Waals surface area contributed by atoms with Crippen molar-refractivity contribution in [3.05, 3.63) is 34.9 Å². The first kappa shape index (κ1) is 20.0. The smallest absolute Gasteiger partial charge is 0.315 e. The third-order valence-electron chi connectivity index (χ3n) is 4.40. The molecule has 7 nitrogen and oxygen atoms in total. The number of carbonyl (C=O) groups is 3. The number of aliphatic carboxylic acids is 1. The lowest BCUT2D eigenvalue weighted by molar-refractivity contribution is -0.137. The van der Waals surface area contributed by atoms with E-state index in [2.05, 4.69) is 10.6 Å². The molecule has 1 fully saturated rings. The van der Waals surface area contributed by atoms with E-state index in [1.807, 2.05) is 12.1 Å². The summed E-state index contributed by atoms with van der Waals surface area (Å²) in [7, 11) is 0. The first-order valence-electron chi connectivity index (χ1n) is 8.69. The molecule has 0 bridgehead atoms. The molecular formula is C18H24ClN3O4. The van der Waals surface area contributed by atoms with Gasteiger partial charge in [0.2, 0.25) is 5.91 Å². The first-order valence-corrected chi connectivity index (χ1v) is 9.07. The van der Waals surface area contributed by atoms with Crippen molar-refractivity contribution >= 4 is 29.5 Å². The number of hydrogen-bond acceptors (Lipinski definition) is 3. The van der Waals surface area contributed by atoms with Crippen molar-refractivity contribution in [2.24, 2.45) is 5.92 Å². The Morgan fingerprint density at radius 1 is 1.19 bits per heavy atom. The number of nitrogens with zero attached hydrogens (tertiary/aromatic N) is 1. The Morgan fingerprint density at radius 2 is 1.92 bits per heavy atom. The Bertz CT molecular complexity index is 636. The summed E-state index contributed by atoms with van der Waals surface area (Å²) in [5, 5.41) is 14.7. The minimum atomic E-state index is -0.813. The number of carbonyl (C=O) groups excluding carboxylic acids is 2. The molecule has 0 saturated carbocycles. The average Bonchev–Trinajstić information content (AvgIpc) is 2.64. The lowest BCUT2D eigenvalue weighted by Gasteiger charge is -2.32. The molecule has 8 heteroatoms. The van der Waals surface area contributed by atoms with E-state index in [1.54, 1.807) is 17.0 Å². The fourth-order valence-electron chi connectivity index (χ4n) is 2.97. The van der Waals surface area contributed by atoms with Crippen LogP contribution in [0.1, 0.15) is 31.2 Å². The van der Waals surface area contributed by atoms with Crippen LogP contribution in [0.3, 0.4) is 0 Å². The molecule has 1 aliphatic rings. The zero-order valence-electron chi connectivity index (χ0n) is 14.5. The van der Waals surface area contributed by atoms with E-state index >= 15 is 0 Å². The van der Waals surface area contributed by atoms with Gasteiger partial charge in [0.25, 0.3) is 0 Å². The molecule has 2 rings (SSSR count). The highest BCUT2D eigenvalue weighted by atomic mass is 35.5. The normalized spacial score (nSPS) is 16.8. The monoisotopic (exact) mass is 381 g/mol. The van der Waals surface area contributed by atoms with Gasteiger partial charge >= 0.3 is 12.0 Å². The molecule has 3 amide bonds. The average molecular weight is 382 g/mol. The predicted octanol–water partition coefficient (Wildman–Crippen LogP) is 2.24. The minimum absolute atomic E-state index is 0.0713. The van der Waals surface area contributed by atoms with E-state index in [9.17, 15) is 14.4 Å². The second-order valence-electron chi connectivity index (χ2n) is 6.44. The highest BCUT2D eigenvalue weighted by Gasteiger charge is 2.24. The van der Waals surface area contributed by atoms with Gasteiger partial charge < -0.3 is 20.6 Å². The number of hydrogen-bond donors (Lipinski definition) is 3. The summed E-state index contributed by atoms with van der Waals surface area (Å²) in [6, 6.07) is 6.72. The summed E-state index contributed by atoms with van der Waals surface area (Å²) in [5.41, 5.74) is 0.910. The summed E-state index contributed by atoms with van der Waals surface area (Å²) < 4.78 is 0. The third kappa shape index (κ3) is 6.92. The van der Waals surface area contributed by atoms with Gasteiger partial charge in [0.15, 0.2) is 0 Å². The molecule has 26 heavy (non-hydrogen) atoms. The number of rotatable bonds is 7. The topological polar surface area (TPSA) is 98.7 Å². The molecule has 1 unspecified atom stereocenters. The van der Waals surface area contributed by atoms with Gasteiger partial charge in [0.05, 0.1) is 6.54 Å². The van der Waals surface area contributed by atoms with Crippen molar-refractivity contribution in [2.45, 2.75) is 32.2 Å². The van der Waals surface area contributed by atoms with E-state index in [4.69, 9.17) is 16.7 Å². The Balaban J connectivity index is 1.69. The molecule has 1 atom stereocenters. The molecule has 1 saturated heterocycles. The summed E-state index contributed by atoms with van der Waals surface area (Å²) in [5.74, 6) is -0.748. The highest BCUT2D eigenvalue weighted by molar-refractivity contribution is 6.30. The number of piperidine rings is 1. The van der Waals surface area contributed by atoms with Gasteiger partial charge in [0.1, 0.15) is 0 Å². The van der Waals surface area contributed by atoms with Crippen LogP contribution in [0.2, 0.25) is 5.02 Å². The van der Waals surface area contributed by atoms with Gasteiger partial charge in [-0.25, -0.2) is 4.79 Å². The lowest BCUT2D eigenvalue weighted by Crippen LogP contribution is -2.46. The van der Waals surface area contributed by atoms with E-state index in [1.165, 1.54) is 0 Å². The largest absolute Gasteiger partial charge is 0.481 e. The molecule has 1 aromatic rings. The van der Waals surface area contributed by atoms with Gasteiger partial charge in [-0.2, -0.15) is 0 Å². The SMILES string of the molecule is O=C(O)CCC1CCCN(C(=O)CNC(=O)NCc2ccc(Cl)cc2)C1. The summed E-state index contributed by atoms with van der Waals surface area (Å²) >= 11 is 5.81. The van der Waals surface area contributed by atoms with Gasteiger partial charge in [-0.05, 0) is 42.9 Å². The van der Waals surface area contributed by atoms with Gasteiger partial charge in [-0.1, -0.05) is 23.7 Å². The van der Waals surface area contributed by atoms with Crippen LogP contribution in [-0.2, 0) is 16.1 Å². The summed E-state index contributed by atoms with van der Waals surface area (Å²) in [6.07, 6.45) is 2.50. The predicted molar refractivity (Wildman–Crippen MR) is 97.9 cm³/mol. The van der Waals surface area contributed by atoms with Crippen molar-refractivity contribution in [3.63, 3.8) is 0 Å². The maximum Gasteiger partial charge on any atom is 0.315 e. The molecule has 3 N–H and O–H groups in total. The van der Waals surface area contributed by atoms with E-state index in [0.29, 0.717) is 31.1 Å². The lowest BCUT2D eigenvalue weighted by atomic mass is 9.93. The fourth-order valence-corrected chi connectivity index (χ4v) is 3.10. The molecule has 1 aromatic carbocycles. The van der Waals surface area contributed by atoms with Crippen LogP contribution in [0.15, 0.2) is 24.3 Å². The van der Waals surface area contributed by atoms with Gasteiger partial charge in [0, 0.05) is 31.1 Å². The van der Waals surface area contributed by atoms with E-state index in [0.717, 1.165) is 18.4 Å². The number of nitrogens with one attached hydrogen (secondary N) is 2. The zero-order chi connectivity index (χ0) is 18.9. The molecule has 1 aliphatic heterocycles. The Morgan fingerprint density at radius 3 is 2.62 bits per heavy atom. The molecular weight excluding hydrogens is 358 g/mol. The van der Waals surface area contributed by atoms with Crippen LogP contribution in [0.25, 0.3) is 0 Å². The molecule has 0 spiro atoms. The Kier molecular flexibility index (Phi) is 7.72. The van der Waals surface area contributed by atoms with Crippen molar-refractivity contribution in [1.29, 1.82) is 0 Å². The highest BCUT2D eigenvalue weighted by Crippen LogP contribution is 2.20. The van der Waals surface area contributed by atoms with E-state index < -0.39 is 12.0 Å². The zero-order valence-corrected chi connectivity index (χ0v) is 15.3. The van der Waals surface area contributed by atoms with Crippen LogP contribution in [0.5, 0.6) is 0 Å². The van der Waals surface area contributed by atoms with Crippen molar-refractivity contribution < 1.29 is 19.5 Å². The van der Waals surface area contributed by atoms with Crippen molar-refractivity contribution in [2.75, 3.05) is 19.6 Å².